The minimum absolute atomic E-state index is 0.0183. The van der Waals surface area contributed by atoms with E-state index < -0.39 is 69.2 Å². The van der Waals surface area contributed by atoms with Gasteiger partial charge in [0.05, 0.1) is 24.0 Å². The van der Waals surface area contributed by atoms with Crippen molar-refractivity contribution in [2.45, 2.75) is 81.9 Å². The van der Waals surface area contributed by atoms with E-state index in [-0.39, 0.29) is 43.1 Å². The Morgan fingerprint density at radius 1 is 1.21 bits per heavy atom. The molecule has 3 atom stereocenters. The number of ether oxygens (including phenoxy) is 2. The Bertz CT molecular complexity index is 1360. The second kappa shape index (κ2) is 10.3. The number of hydrogen-bond acceptors (Lipinski definition) is 7. The van der Waals surface area contributed by atoms with Crippen molar-refractivity contribution in [1.29, 1.82) is 0 Å². The van der Waals surface area contributed by atoms with E-state index in [1.807, 2.05) is 0 Å². The molecule has 0 saturated carbocycles. The maximum absolute atomic E-state index is 14.6. The monoisotopic (exact) mass is 580 g/mol. The fourth-order valence-corrected chi connectivity index (χ4v) is 5.69. The van der Waals surface area contributed by atoms with Gasteiger partial charge < -0.3 is 19.4 Å². The molecule has 0 bridgehead atoms. The molecule has 2 aliphatic rings. The molecule has 15 heteroatoms. The molecule has 1 amide bonds. The fourth-order valence-electron chi connectivity index (χ4n) is 4.84. The molecule has 216 valence electrons. The summed E-state index contributed by atoms with van der Waals surface area (Å²) in [6, 6.07) is 1.52. The predicted molar refractivity (Wildman–Crippen MR) is 127 cm³/mol. The molecular formula is C24H29F5N4O5S. The zero-order chi connectivity index (χ0) is 28.9. The Hall–Kier alpha value is -2.78. The van der Waals surface area contributed by atoms with Gasteiger partial charge in [0.25, 0.3) is 0 Å². The highest BCUT2D eigenvalue weighted by Gasteiger charge is 2.42. The molecule has 1 unspecified atom stereocenters. The molecule has 4 rings (SSSR count). The summed E-state index contributed by atoms with van der Waals surface area (Å²) in [6.07, 6.45) is -5.60. The van der Waals surface area contributed by atoms with Crippen LogP contribution in [-0.4, -0.2) is 65.7 Å². The molecule has 39 heavy (non-hydrogen) atoms. The first-order valence-electron chi connectivity index (χ1n) is 12.1. The highest BCUT2D eigenvalue weighted by atomic mass is 32.2. The summed E-state index contributed by atoms with van der Waals surface area (Å²) in [5.74, 6) is -1.43. The number of alkyl halides is 3. The lowest BCUT2D eigenvalue weighted by Crippen LogP contribution is -2.52. The number of aromatic nitrogens is 2. The zero-order valence-corrected chi connectivity index (χ0v) is 22.5. The van der Waals surface area contributed by atoms with Crippen LogP contribution in [0.1, 0.15) is 50.2 Å². The molecule has 3 heterocycles. The van der Waals surface area contributed by atoms with Gasteiger partial charge in [-0.05, 0) is 45.4 Å². The molecule has 1 fully saturated rings. The van der Waals surface area contributed by atoms with Crippen molar-refractivity contribution in [3.8, 4) is 0 Å². The number of benzene rings is 1. The Morgan fingerprint density at radius 2 is 1.90 bits per heavy atom. The molecule has 1 N–H and O–H groups in total. The van der Waals surface area contributed by atoms with Gasteiger partial charge in [-0.3, -0.25) is 4.90 Å². The smallest absolute Gasteiger partial charge is 0.407 e. The van der Waals surface area contributed by atoms with E-state index in [1.165, 1.54) is 0 Å². The second-order valence-electron chi connectivity index (χ2n) is 10.7. The van der Waals surface area contributed by atoms with Crippen LogP contribution in [-0.2, 0) is 38.9 Å². The molecule has 0 radical (unpaired) electrons. The van der Waals surface area contributed by atoms with Crippen molar-refractivity contribution >= 4 is 15.9 Å². The van der Waals surface area contributed by atoms with Crippen LogP contribution < -0.4 is 5.32 Å². The van der Waals surface area contributed by atoms with Gasteiger partial charge in [-0.15, -0.1) is 0 Å². The van der Waals surface area contributed by atoms with Gasteiger partial charge in [0.1, 0.15) is 29.9 Å². The van der Waals surface area contributed by atoms with Crippen molar-refractivity contribution in [2.24, 2.45) is 0 Å². The van der Waals surface area contributed by atoms with Crippen LogP contribution in [0.5, 0.6) is 0 Å². The summed E-state index contributed by atoms with van der Waals surface area (Å²) in [6.45, 7) is 3.42. The van der Waals surface area contributed by atoms with Gasteiger partial charge in [-0.25, -0.2) is 27.0 Å². The van der Waals surface area contributed by atoms with E-state index in [4.69, 9.17) is 9.47 Å². The maximum atomic E-state index is 14.6. The van der Waals surface area contributed by atoms with E-state index in [0.717, 1.165) is 24.5 Å². The number of halogens is 5. The predicted octanol–water partition coefficient (Wildman–Crippen LogP) is 3.87. The Morgan fingerprint density at radius 3 is 2.51 bits per heavy atom. The van der Waals surface area contributed by atoms with Gasteiger partial charge in [0.2, 0.25) is 15.0 Å². The second-order valence-corrected chi connectivity index (χ2v) is 12.6. The molecule has 0 spiro atoms. The lowest BCUT2D eigenvalue weighted by molar-refractivity contribution is -0.142. The van der Waals surface area contributed by atoms with Gasteiger partial charge in [0, 0.05) is 31.0 Å². The zero-order valence-electron chi connectivity index (χ0n) is 21.7. The number of nitrogens with zero attached hydrogens (tertiary/aromatic N) is 3. The number of carbonyl (C=O) groups excluding carboxylic acids is 1. The van der Waals surface area contributed by atoms with Crippen molar-refractivity contribution < 1.29 is 44.6 Å². The third kappa shape index (κ3) is 6.87. The Balaban J connectivity index is 1.59. The summed E-state index contributed by atoms with van der Waals surface area (Å²) in [4.78, 5) is 18.3. The molecule has 2 aliphatic heterocycles. The number of fused-ring (bicyclic) bond motifs is 1. The summed E-state index contributed by atoms with van der Waals surface area (Å²) in [5.41, 5.74) is -0.636. The maximum Gasteiger partial charge on any atom is 0.407 e. The third-order valence-corrected chi connectivity index (χ3v) is 7.31. The molecule has 1 aromatic heterocycles. The molecule has 9 nitrogen and oxygen atoms in total. The van der Waals surface area contributed by atoms with Crippen LogP contribution in [0, 0.1) is 11.6 Å². The summed E-state index contributed by atoms with van der Waals surface area (Å²) < 4.78 is 105. The average molecular weight is 581 g/mol. The first kappa shape index (κ1) is 29.2. The average Bonchev–Trinajstić information content (AvgIpc) is 3.32. The standard InChI is InChI=1S/C24H29F5N4O5S/c1-23(2,3)38-22(34)31-17-8-14(11-37-20(17)15-7-13(25)5-6-16(15)26)32-9-18-19(10-32)33(12-24(27,28)29)21(30-18)39(4,35)36/h5-7,14,17,20H,8-12H2,1-4H3,(H,31,34)/t14?,17-,20+/m0/s1. The number of carbonyl (C=O) groups is 1. The van der Waals surface area contributed by atoms with Crippen molar-refractivity contribution in [3.63, 3.8) is 0 Å². The van der Waals surface area contributed by atoms with Gasteiger partial charge in [0.15, 0.2) is 0 Å². The van der Waals surface area contributed by atoms with Crippen LogP contribution >= 0.6 is 0 Å². The quantitative estimate of drug-likeness (QED) is 0.536. The number of rotatable bonds is 5. The van der Waals surface area contributed by atoms with Crippen LogP contribution in [0.15, 0.2) is 23.4 Å². The number of hydrogen-bond donors (Lipinski definition) is 1. The van der Waals surface area contributed by atoms with Gasteiger partial charge in [-0.2, -0.15) is 13.2 Å². The lowest BCUT2D eigenvalue weighted by Gasteiger charge is -2.40. The highest BCUT2D eigenvalue weighted by Crippen LogP contribution is 2.36. The van der Waals surface area contributed by atoms with Crippen molar-refractivity contribution in [2.75, 3.05) is 12.9 Å². The Labute approximate surface area is 222 Å². The molecule has 1 saturated heterocycles. The first-order chi connectivity index (χ1) is 17.9. The number of nitrogens with one attached hydrogen (secondary N) is 1. The largest absolute Gasteiger partial charge is 0.444 e. The van der Waals surface area contributed by atoms with E-state index in [0.29, 0.717) is 4.57 Å². The van der Waals surface area contributed by atoms with E-state index in [9.17, 15) is 35.2 Å². The lowest BCUT2D eigenvalue weighted by atomic mass is 9.92. The number of imidazole rings is 1. The van der Waals surface area contributed by atoms with E-state index in [1.54, 1.807) is 25.7 Å². The summed E-state index contributed by atoms with van der Waals surface area (Å²) in [7, 11) is -4.03. The van der Waals surface area contributed by atoms with Gasteiger partial charge >= 0.3 is 12.3 Å². The SMILES string of the molecule is CC(C)(C)OC(=O)N[C@H]1CC(N2Cc3nc(S(C)(=O)=O)n(CC(F)(F)F)c3C2)CO[C@@H]1c1cc(F)ccc1F. The minimum Gasteiger partial charge on any atom is -0.444 e. The van der Waals surface area contributed by atoms with Crippen molar-refractivity contribution in [1.82, 2.24) is 19.8 Å². The number of sulfone groups is 1. The topological polar surface area (TPSA) is 103 Å². The van der Waals surface area contributed by atoms with Crippen LogP contribution in [0.3, 0.4) is 0 Å². The number of amides is 1. The first-order valence-corrected chi connectivity index (χ1v) is 14.0. The summed E-state index contributed by atoms with van der Waals surface area (Å²) >= 11 is 0. The number of alkyl carbamates (subject to hydrolysis) is 1. The molecule has 2 aromatic rings. The van der Waals surface area contributed by atoms with Gasteiger partial charge in [-0.1, -0.05) is 0 Å². The van der Waals surface area contributed by atoms with E-state index >= 15 is 0 Å². The highest BCUT2D eigenvalue weighted by molar-refractivity contribution is 7.90. The molecule has 0 aliphatic carbocycles. The van der Waals surface area contributed by atoms with Crippen LogP contribution in [0.4, 0.5) is 26.7 Å². The van der Waals surface area contributed by atoms with Crippen molar-refractivity contribution in [3.05, 3.63) is 46.8 Å². The molecular weight excluding hydrogens is 551 g/mol. The fraction of sp³-hybridized carbons (Fsp3) is 0.583. The van der Waals surface area contributed by atoms with E-state index in [2.05, 4.69) is 10.3 Å². The van der Waals surface area contributed by atoms with Crippen LogP contribution in [0.2, 0.25) is 0 Å². The Kier molecular flexibility index (Phi) is 7.73. The van der Waals surface area contributed by atoms with Crippen LogP contribution in [0.25, 0.3) is 0 Å². The summed E-state index contributed by atoms with van der Waals surface area (Å²) in [5, 5.41) is 2.00. The molecule has 1 aromatic carbocycles. The third-order valence-electron chi connectivity index (χ3n) is 6.34. The minimum atomic E-state index is -4.68. The normalized spacial score (nSPS) is 22.5.